The van der Waals surface area contributed by atoms with E-state index in [1.807, 2.05) is 6.07 Å². The van der Waals surface area contributed by atoms with E-state index in [9.17, 15) is 4.79 Å². The van der Waals surface area contributed by atoms with Crippen molar-refractivity contribution in [2.24, 2.45) is 11.5 Å². The van der Waals surface area contributed by atoms with Gasteiger partial charge in [0.1, 0.15) is 5.82 Å². The summed E-state index contributed by atoms with van der Waals surface area (Å²) in [7, 11) is 0. The number of hydrogen-bond donors (Lipinski definition) is 3. The number of nitrogens with two attached hydrogens (primary N) is 2. The number of nitrogens with one attached hydrogen (secondary N) is 1. The normalized spacial score (nSPS) is 19.9. The van der Waals surface area contributed by atoms with Crippen LogP contribution in [-0.2, 0) is 12.8 Å². The van der Waals surface area contributed by atoms with Crippen molar-refractivity contribution < 1.29 is 4.79 Å². The van der Waals surface area contributed by atoms with Gasteiger partial charge in [-0.15, -0.1) is 0 Å². The molecule has 0 aromatic carbocycles. The molecule has 0 spiro atoms. The second kappa shape index (κ2) is 5.05. The number of carbonyl (C=O) groups is 1. The molecule has 108 valence electrons. The van der Waals surface area contributed by atoms with Gasteiger partial charge < -0.3 is 16.8 Å². The molecule has 3 rings (SSSR count). The number of carbonyl (C=O) groups excluding carboxylic acids is 1. The van der Waals surface area contributed by atoms with Crippen LogP contribution in [0.15, 0.2) is 6.07 Å². The van der Waals surface area contributed by atoms with Crippen molar-refractivity contribution >= 4 is 11.7 Å². The lowest BCUT2D eigenvalue weighted by atomic mass is 9.78. The molecule has 0 radical (unpaired) electrons. The number of rotatable bonds is 4. The van der Waals surface area contributed by atoms with Gasteiger partial charge in [-0.2, -0.15) is 0 Å². The Hall–Kier alpha value is -1.62. The number of primary amides is 1. The molecule has 1 aromatic rings. The predicted molar refractivity (Wildman–Crippen MR) is 78.7 cm³/mol. The minimum absolute atomic E-state index is 0.146. The Balaban J connectivity index is 1.85. The first-order valence-electron chi connectivity index (χ1n) is 7.43. The van der Waals surface area contributed by atoms with E-state index in [-0.39, 0.29) is 5.54 Å². The molecule has 0 unspecified atom stereocenters. The SMILES string of the molecule is NC(=O)c1cc2c(nc1NCC1(N)CCC1)CCCC2. The van der Waals surface area contributed by atoms with E-state index in [1.165, 1.54) is 12.0 Å². The van der Waals surface area contributed by atoms with Crippen molar-refractivity contribution in [3.05, 3.63) is 22.9 Å². The van der Waals surface area contributed by atoms with Crippen LogP contribution in [-0.4, -0.2) is 23.0 Å². The van der Waals surface area contributed by atoms with Crippen LogP contribution in [0.4, 0.5) is 5.82 Å². The summed E-state index contributed by atoms with van der Waals surface area (Å²) in [5.41, 5.74) is 14.3. The molecule has 2 aliphatic carbocycles. The van der Waals surface area contributed by atoms with Gasteiger partial charge in [0.05, 0.1) is 5.56 Å². The van der Waals surface area contributed by atoms with Crippen LogP contribution < -0.4 is 16.8 Å². The Morgan fingerprint density at radius 2 is 2.05 bits per heavy atom. The maximum absolute atomic E-state index is 11.6. The third-order valence-electron chi connectivity index (χ3n) is 4.52. The largest absolute Gasteiger partial charge is 0.368 e. The average Bonchev–Trinajstić information content (AvgIpc) is 2.42. The standard InChI is InChI=1S/C15H22N4O/c16-13(20)11-8-10-4-1-2-5-12(10)19-14(11)18-9-15(17)6-3-7-15/h8H,1-7,9,17H2,(H2,16,20)(H,18,19). The molecule has 0 aliphatic heterocycles. The third-order valence-corrected chi connectivity index (χ3v) is 4.52. The number of anilines is 1. The summed E-state index contributed by atoms with van der Waals surface area (Å²) in [5, 5.41) is 3.25. The van der Waals surface area contributed by atoms with E-state index in [4.69, 9.17) is 11.5 Å². The van der Waals surface area contributed by atoms with Crippen molar-refractivity contribution in [2.45, 2.75) is 50.5 Å². The average molecular weight is 274 g/mol. The van der Waals surface area contributed by atoms with Crippen LogP contribution in [0.3, 0.4) is 0 Å². The van der Waals surface area contributed by atoms with Gasteiger partial charge in [0.15, 0.2) is 0 Å². The van der Waals surface area contributed by atoms with Crippen LogP contribution in [0.25, 0.3) is 0 Å². The molecule has 0 bridgehead atoms. The molecule has 1 amide bonds. The Morgan fingerprint density at radius 1 is 1.30 bits per heavy atom. The van der Waals surface area contributed by atoms with E-state index in [0.717, 1.165) is 44.2 Å². The van der Waals surface area contributed by atoms with Gasteiger partial charge in [0, 0.05) is 17.8 Å². The molecule has 1 heterocycles. The lowest BCUT2D eigenvalue weighted by Gasteiger charge is -2.38. The number of nitrogens with zero attached hydrogens (tertiary/aromatic N) is 1. The summed E-state index contributed by atoms with van der Waals surface area (Å²) in [4.78, 5) is 16.3. The molecule has 0 atom stereocenters. The molecule has 0 saturated heterocycles. The smallest absolute Gasteiger partial charge is 0.252 e. The van der Waals surface area contributed by atoms with Gasteiger partial charge >= 0.3 is 0 Å². The number of pyridine rings is 1. The fraction of sp³-hybridized carbons (Fsp3) is 0.600. The maximum atomic E-state index is 11.6. The molecule has 2 aliphatic rings. The second-order valence-electron chi connectivity index (χ2n) is 6.13. The summed E-state index contributed by atoms with van der Waals surface area (Å²) < 4.78 is 0. The fourth-order valence-corrected chi connectivity index (χ4v) is 3.02. The summed E-state index contributed by atoms with van der Waals surface area (Å²) in [6, 6.07) is 1.91. The predicted octanol–water partition coefficient (Wildman–Crippen LogP) is 1.35. The first-order valence-corrected chi connectivity index (χ1v) is 7.43. The highest BCUT2D eigenvalue weighted by Gasteiger charge is 2.32. The number of aryl methyl sites for hydroxylation is 2. The number of fused-ring (bicyclic) bond motifs is 1. The summed E-state index contributed by atoms with van der Waals surface area (Å²) in [6.45, 7) is 0.652. The highest BCUT2D eigenvalue weighted by atomic mass is 16.1. The van der Waals surface area contributed by atoms with Crippen molar-refractivity contribution in [3.8, 4) is 0 Å². The molecule has 20 heavy (non-hydrogen) atoms. The minimum Gasteiger partial charge on any atom is -0.368 e. The highest BCUT2D eigenvalue weighted by molar-refractivity contribution is 5.97. The Morgan fingerprint density at radius 3 is 2.70 bits per heavy atom. The van der Waals surface area contributed by atoms with E-state index in [1.54, 1.807) is 0 Å². The van der Waals surface area contributed by atoms with Gasteiger partial charge in [-0.05, 0) is 56.6 Å². The van der Waals surface area contributed by atoms with E-state index >= 15 is 0 Å². The zero-order chi connectivity index (χ0) is 14.2. The number of aromatic nitrogens is 1. The zero-order valence-electron chi connectivity index (χ0n) is 11.7. The maximum Gasteiger partial charge on any atom is 0.252 e. The summed E-state index contributed by atoms with van der Waals surface area (Å²) in [5.74, 6) is 0.183. The van der Waals surface area contributed by atoms with Crippen molar-refractivity contribution in [3.63, 3.8) is 0 Å². The molecule has 1 saturated carbocycles. The minimum atomic E-state index is -0.423. The van der Waals surface area contributed by atoms with Gasteiger partial charge in [-0.1, -0.05) is 0 Å². The summed E-state index contributed by atoms with van der Waals surface area (Å²) >= 11 is 0. The lowest BCUT2D eigenvalue weighted by molar-refractivity contribution is 0.100. The van der Waals surface area contributed by atoms with Crippen LogP contribution in [0, 0.1) is 0 Å². The topological polar surface area (TPSA) is 94.0 Å². The van der Waals surface area contributed by atoms with Gasteiger partial charge in [-0.3, -0.25) is 4.79 Å². The lowest BCUT2D eigenvalue weighted by Crippen LogP contribution is -2.52. The van der Waals surface area contributed by atoms with Crippen LogP contribution >= 0.6 is 0 Å². The monoisotopic (exact) mass is 274 g/mol. The Kier molecular flexibility index (Phi) is 3.38. The van der Waals surface area contributed by atoms with Crippen molar-refractivity contribution in [1.82, 2.24) is 4.98 Å². The number of hydrogen-bond acceptors (Lipinski definition) is 4. The fourth-order valence-electron chi connectivity index (χ4n) is 3.02. The third kappa shape index (κ3) is 2.50. The molecule has 1 aromatic heterocycles. The summed E-state index contributed by atoms with van der Waals surface area (Å²) in [6.07, 6.45) is 7.52. The van der Waals surface area contributed by atoms with E-state index in [2.05, 4.69) is 10.3 Å². The molecule has 5 N–H and O–H groups in total. The second-order valence-corrected chi connectivity index (χ2v) is 6.13. The zero-order valence-corrected chi connectivity index (χ0v) is 11.7. The quantitative estimate of drug-likeness (QED) is 0.772. The van der Waals surface area contributed by atoms with Crippen LogP contribution in [0.2, 0.25) is 0 Å². The Bertz CT molecular complexity index is 537. The molecule has 5 nitrogen and oxygen atoms in total. The van der Waals surface area contributed by atoms with E-state index < -0.39 is 5.91 Å². The van der Waals surface area contributed by atoms with Crippen LogP contribution in [0.1, 0.15) is 53.7 Å². The van der Waals surface area contributed by atoms with Crippen molar-refractivity contribution in [1.29, 1.82) is 0 Å². The number of amides is 1. The van der Waals surface area contributed by atoms with E-state index in [0.29, 0.717) is 17.9 Å². The molecular weight excluding hydrogens is 252 g/mol. The highest BCUT2D eigenvalue weighted by Crippen LogP contribution is 2.30. The molecule has 1 fully saturated rings. The van der Waals surface area contributed by atoms with Gasteiger partial charge in [-0.25, -0.2) is 4.98 Å². The first-order chi connectivity index (χ1) is 9.57. The van der Waals surface area contributed by atoms with Gasteiger partial charge in [0.25, 0.3) is 5.91 Å². The molecule has 5 heteroatoms. The van der Waals surface area contributed by atoms with Crippen LogP contribution in [0.5, 0.6) is 0 Å². The molecular formula is C15H22N4O. The van der Waals surface area contributed by atoms with Crippen molar-refractivity contribution in [2.75, 3.05) is 11.9 Å². The Labute approximate surface area is 119 Å². The van der Waals surface area contributed by atoms with Gasteiger partial charge in [0.2, 0.25) is 0 Å². The first kappa shape index (κ1) is 13.4.